The molecule has 0 aliphatic carbocycles. The minimum absolute atomic E-state index is 0.279. The van der Waals surface area contributed by atoms with Crippen molar-refractivity contribution in [2.45, 2.75) is 87.9 Å². The first-order valence-corrected chi connectivity index (χ1v) is 13.2. The van der Waals surface area contributed by atoms with E-state index in [0.29, 0.717) is 13.0 Å². The van der Waals surface area contributed by atoms with Gasteiger partial charge in [-0.05, 0) is 53.7 Å². The van der Waals surface area contributed by atoms with Crippen molar-refractivity contribution in [2.75, 3.05) is 19.8 Å². The molecular formula is C21H34NO7PS. The highest BCUT2D eigenvalue weighted by atomic mass is 32.2. The van der Waals surface area contributed by atoms with Gasteiger partial charge in [0.25, 0.3) is 0 Å². The van der Waals surface area contributed by atoms with Crippen LogP contribution < -0.4 is 0 Å². The van der Waals surface area contributed by atoms with Crippen LogP contribution in [0.3, 0.4) is 0 Å². The lowest BCUT2D eigenvalue weighted by molar-refractivity contribution is -0.174. The minimum atomic E-state index is -3.46. The van der Waals surface area contributed by atoms with Crippen LogP contribution in [0.4, 0.5) is 0 Å². The lowest BCUT2D eigenvalue weighted by Crippen LogP contribution is -2.39. The standard InChI is InChI=1S/C21H34NO7PS/c1-7-25-30(23,26-8-2)18(31-17-11-9-10-12-22-17)13-15-19(29-21(5,6)27-15)16-14-24-20(3,4)28-16/h9-12,15-16,18-19H,7-8,13-14H2,1-6H3/t15-,16+,18?,19+/m1/s1. The third-order valence-electron chi connectivity index (χ3n) is 4.92. The number of hydrogen-bond donors (Lipinski definition) is 0. The number of pyridine rings is 1. The lowest BCUT2D eigenvalue weighted by Gasteiger charge is -2.29. The molecule has 1 aromatic heterocycles. The van der Waals surface area contributed by atoms with Crippen molar-refractivity contribution >= 4 is 19.4 Å². The first-order chi connectivity index (χ1) is 14.6. The molecule has 0 bridgehead atoms. The molecule has 0 aromatic carbocycles. The molecule has 8 nitrogen and oxygen atoms in total. The second-order valence-corrected chi connectivity index (χ2v) is 12.1. The molecule has 176 valence electrons. The number of hydrogen-bond acceptors (Lipinski definition) is 9. The summed E-state index contributed by atoms with van der Waals surface area (Å²) in [4.78, 5) is 3.86. The van der Waals surface area contributed by atoms with Crippen molar-refractivity contribution in [1.82, 2.24) is 4.98 Å². The van der Waals surface area contributed by atoms with Crippen molar-refractivity contribution in [3.8, 4) is 0 Å². The number of nitrogens with zero attached hydrogens (tertiary/aromatic N) is 1. The molecule has 2 aliphatic heterocycles. The predicted molar refractivity (Wildman–Crippen MR) is 118 cm³/mol. The van der Waals surface area contributed by atoms with E-state index < -0.39 is 24.2 Å². The molecule has 0 amide bonds. The molecule has 4 atom stereocenters. The van der Waals surface area contributed by atoms with Crippen molar-refractivity contribution in [3.05, 3.63) is 24.4 Å². The van der Waals surface area contributed by atoms with Crippen LogP contribution in [0.1, 0.15) is 48.0 Å². The summed E-state index contributed by atoms with van der Waals surface area (Å²) in [5.41, 5.74) is 0. The zero-order valence-corrected chi connectivity index (χ0v) is 20.8. The highest BCUT2D eigenvalue weighted by Crippen LogP contribution is 2.60. The van der Waals surface area contributed by atoms with Gasteiger partial charge in [-0.3, -0.25) is 4.57 Å². The Morgan fingerprint density at radius 1 is 1.13 bits per heavy atom. The maximum atomic E-state index is 13.8. The van der Waals surface area contributed by atoms with Crippen LogP contribution in [0.5, 0.6) is 0 Å². The van der Waals surface area contributed by atoms with Crippen LogP contribution in [-0.2, 0) is 32.6 Å². The second-order valence-electron chi connectivity index (χ2n) is 8.36. The van der Waals surface area contributed by atoms with E-state index in [1.165, 1.54) is 11.8 Å². The molecule has 10 heteroatoms. The molecular weight excluding hydrogens is 441 g/mol. The maximum absolute atomic E-state index is 13.8. The summed E-state index contributed by atoms with van der Waals surface area (Å²) in [6.07, 6.45) is 1.04. The minimum Gasteiger partial charge on any atom is -0.348 e. The monoisotopic (exact) mass is 475 g/mol. The molecule has 0 saturated carbocycles. The third-order valence-corrected chi connectivity index (χ3v) is 9.11. The topological polar surface area (TPSA) is 85.3 Å². The van der Waals surface area contributed by atoms with Gasteiger partial charge >= 0.3 is 7.60 Å². The van der Waals surface area contributed by atoms with Gasteiger partial charge in [0, 0.05) is 12.6 Å². The molecule has 0 spiro atoms. The maximum Gasteiger partial charge on any atom is 0.344 e. The second kappa shape index (κ2) is 10.2. The first kappa shape index (κ1) is 25.1. The summed E-state index contributed by atoms with van der Waals surface area (Å²) in [5.74, 6) is -1.48. The predicted octanol–water partition coefficient (Wildman–Crippen LogP) is 4.83. The number of ether oxygens (including phenoxy) is 4. The highest BCUT2D eigenvalue weighted by molar-refractivity contribution is 8.05. The van der Waals surface area contributed by atoms with E-state index in [1.54, 1.807) is 20.0 Å². The molecule has 31 heavy (non-hydrogen) atoms. The fourth-order valence-electron chi connectivity index (χ4n) is 3.80. The van der Waals surface area contributed by atoms with Gasteiger partial charge < -0.3 is 28.0 Å². The Labute approximate surface area is 189 Å². The van der Waals surface area contributed by atoms with E-state index in [4.69, 9.17) is 28.0 Å². The van der Waals surface area contributed by atoms with Crippen LogP contribution in [0, 0.1) is 0 Å². The zero-order valence-electron chi connectivity index (χ0n) is 19.1. The molecule has 3 rings (SSSR count). The van der Waals surface area contributed by atoms with Gasteiger partial charge in [0.1, 0.15) is 17.2 Å². The Morgan fingerprint density at radius 3 is 2.39 bits per heavy atom. The van der Waals surface area contributed by atoms with E-state index in [-0.39, 0.29) is 31.5 Å². The summed E-state index contributed by atoms with van der Waals surface area (Å²) in [6.45, 7) is 12.1. The Balaban J connectivity index is 1.86. The van der Waals surface area contributed by atoms with Gasteiger partial charge in [-0.1, -0.05) is 17.8 Å². The number of thioether (sulfide) groups is 1. The Bertz CT molecular complexity index is 753. The van der Waals surface area contributed by atoms with Crippen molar-refractivity contribution in [2.24, 2.45) is 0 Å². The normalized spacial score (nSPS) is 28.6. The molecule has 1 aromatic rings. The van der Waals surface area contributed by atoms with Crippen molar-refractivity contribution < 1.29 is 32.6 Å². The number of aromatic nitrogens is 1. The van der Waals surface area contributed by atoms with Crippen LogP contribution in [-0.4, -0.2) is 59.7 Å². The van der Waals surface area contributed by atoms with Gasteiger partial charge in [0.15, 0.2) is 11.6 Å². The average molecular weight is 476 g/mol. The van der Waals surface area contributed by atoms with Crippen LogP contribution in [0.15, 0.2) is 29.4 Å². The molecule has 3 heterocycles. The zero-order chi connectivity index (χ0) is 22.7. The molecule has 0 radical (unpaired) electrons. The van der Waals surface area contributed by atoms with Gasteiger partial charge in [-0.25, -0.2) is 4.98 Å². The largest absolute Gasteiger partial charge is 0.348 e. The van der Waals surface area contributed by atoms with Gasteiger partial charge in [-0.15, -0.1) is 0 Å². The Hall–Kier alpha value is -0.510. The smallest absolute Gasteiger partial charge is 0.344 e. The number of rotatable bonds is 10. The summed E-state index contributed by atoms with van der Waals surface area (Å²) in [6, 6.07) is 5.62. The van der Waals surface area contributed by atoms with Gasteiger partial charge in [0.05, 0.1) is 31.0 Å². The lowest BCUT2D eigenvalue weighted by atomic mass is 10.1. The molecule has 2 aliphatic rings. The van der Waals surface area contributed by atoms with E-state index >= 15 is 0 Å². The highest BCUT2D eigenvalue weighted by Gasteiger charge is 2.52. The van der Waals surface area contributed by atoms with Crippen LogP contribution in [0.2, 0.25) is 0 Å². The van der Waals surface area contributed by atoms with Gasteiger partial charge in [0.2, 0.25) is 0 Å². The summed E-state index contributed by atoms with van der Waals surface area (Å²) in [7, 11) is -3.46. The molecule has 2 saturated heterocycles. The van der Waals surface area contributed by atoms with Crippen LogP contribution >= 0.6 is 19.4 Å². The summed E-state index contributed by atoms with van der Waals surface area (Å²) in [5, 5.41) is 0.739. The fraction of sp³-hybridized carbons (Fsp3) is 0.762. The SMILES string of the molecule is CCOP(=O)(OCC)C(C[C@H]1OC(C)(C)O[C@@H]1[C@@H]1COC(C)(C)O1)Sc1ccccn1. The summed E-state index contributed by atoms with van der Waals surface area (Å²) < 4.78 is 49.4. The van der Waals surface area contributed by atoms with Gasteiger partial charge in [-0.2, -0.15) is 0 Å². The van der Waals surface area contributed by atoms with E-state index in [1.807, 2.05) is 45.9 Å². The molecule has 1 unspecified atom stereocenters. The van der Waals surface area contributed by atoms with Crippen molar-refractivity contribution in [1.29, 1.82) is 0 Å². The Kier molecular flexibility index (Phi) is 8.25. The van der Waals surface area contributed by atoms with Crippen LogP contribution in [0.25, 0.3) is 0 Å². The van der Waals surface area contributed by atoms with Crippen molar-refractivity contribution in [3.63, 3.8) is 0 Å². The van der Waals surface area contributed by atoms with E-state index in [0.717, 1.165) is 5.03 Å². The molecule has 0 N–H and O–H groups in total. The Morgan fingerprint density at radius 2 is 1.84 bits per heavy atom. The first-order valence-electron chi connectivity index (χ1n) is 10.7. The van der Waals surface area contributed by atoms with E-state index in [2.05, 4.69) is 4.98 Å². The summed E-state index contributed by atoms with van der Waals surface area (Å²) >= 11 is 1.38. The van der Waals surface area contributed by atoms with E-state index in [9.17, 15) is 4.57 Å². The average Bonchev–Trinajstić information content (AvgIpc) is 3.20. The quantitative estimate of drug-likeness (QED) is 0.349. The fourth-order valence-corrected chi connectivity index (χ4v) is 7.44. The third kappa shape index (κ3) is 6.51. The molecule has 2 fully saturated rings.